The van der Waals surface area contributed by atoms with Crippen molar-refractivity contribution in [2.45, 2.75) is 0 Å². The fourth-order valence-corrected chi connectivity index (χ4v) is 6.42. The number of nitrogens with zero attached hydrogens (tertiary/aromatic N) is 3. The summed E-state index contributed by atoms with van der Waals surface area (Å²) in [5.41, 5.74) is 8.59. The monoisotopic (exact) mass is 549 g/mol. The van der Waals surface area contributed by atoms with Gasteiger partial charge in [0.05, 0.1) is 16.7 Å². The summed E-state index contributed by atoms with van der Waals surface area (Å²) >= 11 is 0. The normalized spacial score (nSPS) is 11.7. The molecule has 0 saturated heterocycles. The first-order valence-corrected chi connectivity index (χ1v) is 14.4. The Hall–Kier alpha value is -5.87. The van der Waals surface area contributed by atoms with Gasteiger partial charge in [-0.1, -0.05) is 103 Å². The Morgan fingerprint density at radius 1 is 0.442 bits per heavy atom. The van der Waals surface area contributed by atoms with Gasteiger partial charge in [0.25, 0.3) is 0 Å². The third-order valence-electron chi connectivity index (χ3n) is 8.35. The average molecular weight is 550 g/mol. The largest absolute Gasteiger partial charge is 0.456 e. The van der Waals surface area contributed by atoms with Crippen molar-refractivity contribution in [2.24, 2.45) is 0 Å². The van der Waals surface area contributed by atoms with Crippen LogP contribution in [0.3, 0.4) is 0 Å². The van der Waals surface area contributed by atoms with Crippen molar-refractivity contribution in [1.29, 1.82) is 0 Å². The van der Waals surface area contributed by atoms with Gasteiger partial charge in [-0.05, 0) is 52.2 Å². The van der Waals surface area contributed by atoms with Gasteiger partial charge in [-0.2, -0.15) is 0 Å². The van der Waals surface area contributed by atoms with Gasteiger partial charge in [-0.3, -0.25) is 4.98 Å². The maximum Gasteiger partial charge on any atom is 0.161 e. The van der Waals surface area contributed by atoms with Gasteiger partial charge in [-0.15, -0.1) is 0 Å². The molecular formula is C39H23N3O. The molecule has 0 N–H and O–H groups in total. The molecule has 0 atom stereocenters. The van der Waals surface area contributed by atoms with E-state index in [9.17, 15) is 0 Å². The molecule has 6 aromatic carbocycles. The Bertz CT molecular complexity index is 2520. The second kappa shape index (κ2) is 9.33. The van der Waals surface area contributed by atoms with Gasteiger partial charge < -0.3 is 4.42 Å². The van der Waals surface area contributed by atoms with E-state index in [1.54, 1.807) is 0 Å². The first-order chi connectivity index (χ1) is 21.3. The van der Waals surface area contributed by atoms with E-state index in [0.29, 0.717) is 5.82 Å². The molecule has 4 nitrogen and oxygen atoms in total. The molecule has 9 rings (SSSR count). The number of para-hydroxylation sites is 2. The van der Waals surface area contributed by atoms with Crippen molar-refractivity contribution >= 4 is 54.5 Å². The number of benzene rings is 6. The van der Waals surface area contributed by atoms with E-state index >= 15 is 0 Å². The molecule has 3 heterocycles. The van der Waals surface area contributed by atoms with Crippen LogP contribution in [0.1, 0.15) is 0 Å². The van der Waals surface area contributed by atoms with Crippen LogP contribution in [0.25, 0.3) is 88.3 Å². The smallest absolute Gasteiger partial charge is 0.161 e. The standard InChI is InChI=1S/C39H23N3O/c1-2-12-25-24(10-1)11-7-15-26(25)27-21-22-32(37-28(27)17-9-23-40-37)38-29-13-3-5-18-33(29)41-39(42-38)31-16-8-20-35-36(31)30-14-4-6-19-34(30)43-35/h1-23H. The first-order valence-electron chi connectivity index (χ1n) is 14.4. The second-order valence-corrected chi connectivity index (χ2v) is 10.8. The molecule has 0 aliphatic rings. The lowest BCUT2D eigenvalue weighted by Gasteiger charge is -2.15. The van der Waals surface area contributed by atoms with Crippen molar-refractivity contribution in [1.82, 2.24) is 15.0 Å². The quantitative estimate of drug-likeness (QED) is 0.220. The number of rotatable bonds is 3. The number of furan rings is 1. The van der Waals surface area contributed by atoms with Crippen LogP contribution >= 0.6 is 0 Å². The SMILES string of the molecule is c1ccc2c(-c3ccc(-c4nc(-c5cccc6oc7ccccc7c56)nc5ccccc45)c4ncccc34)cccc2c1. The lowest BCUT2D eigenvalue weighted by Crippen LogP contribution is -1.97. The van der Waals surface area contributed by atoms with Crippen molar-refractivity contribution in [3.05, 3.63) is 140 Å². The van der Waals surface area contributed by atoms with Gasteiger partial charge in [-0.25, -0.2) is 9.97 Å². The van der Waals surface area contributed by atoms with Crippen molar-refractivity contribution in [3.8, 4) is 33.8 Å². The number of hydrogen-bond acceptors (Lipinski definition) is 4. The van der Waals surface area contributed by atoms with E-state index in [0.717, 1.165) is 66.1 Å². The van der Waals surface area contributed by atoms with Crippen LogP contribution < -0.4 is 0 Å². The first kappa shape index (κ1) is 23.8. The molecule has 0 bridgehead atoms. The van der Waals surface area contributed by atoms with E-state index in [-0.39, 0.29) is 0 Å². The minimum atomic E-state index is 0.660. The summed E-state index contributed by atoms with van der Waals surface area (Å²) in [5, 5.41) is 6.59. The summed E-state index contributed by atoms with van der Waals surface area (Å²) in [7, 11) is 0. The molecular weight excluding hydrogens is 526 g/mol. The van der Waals surface area contributed by atoms with E-state index in [1.165, 1.54) is 16.3 Å². The van der Waals surface area contributed by atoms with Crippen LogP contribution in [-0.2, 0) is 0 Å². The topological polar surface area (TPSA) is 51.8 Å². The zero-order valence-corrected chi connectivity index (χ0v) is 23.0. The van der Waals surface area contributed by atoms with Gasteiger partial charge in [0, 0.05) is 38.9 Å². The van der Waals surface area contributed by atoms with Gasteiger partial charge in [0.2, 0.25) is 0 Å². The molecule has 0 aliphatic carbocycles. The summed E-state index contributed by atoms with van der Waals surface area (Å²) in [4.78, 5) is 15.3. The predicted molar refractivity (Wildman–Crippen MR) is 176 cm³/mol. The van der Waals surface area contributed by atoms with Crippen LogP contribution in [0.2, 0.25) is 0 Å². The highest BCUT2D eigenvalue weighted by atomic mass is 16.3. The molecule has 3 aromatic heterocycles. The third kappa shape index (κ3) is 3.67. The molecule has 0 unspecified atom stereocenters. The summed E-state index contributed by atoms with van der Waals surface area (Å²) in [6, 6.07) is 46.0. The molecule has 9 aromatic rings. The van der Waals surface area contributed by atoms with E-state index in [1.807, 2.05) is 54.7 Å². The van der Waals surface area contributed by atoms with Crippen molar-refractivity contribution in [3.63, 3.8) is 0 Å². The molecule has 0 fully saturated rings. The fraction of sp³-hybridized carbons (Fsp3) is 0. The summed E-state index contributed by atoms with van der Waals surface area (Å²) in [6.45, 7) is 0. The Labute approximate surface area is 246 Å². The highest BCUT2D eigenvalue weighted by Gasteiger charge is 2.19. The van der Waals surface area contributed by atoms with Gasteiger partial charge in [0.15, 0.2) is 5.82 Å². The zero-order valence-electron chi connectivity index (χ0n) is 23.0. The lowest BCUT2D eigenvalue weighted by atomic mass is 9.92. The van der Waals surface area contributed by atoms with Crippen LogP contribution in [0, 0.1) is 0 Å². The highest BCUT2D eigenvalue weighted by molar-refractivity contribution is 6.13. The Balaban J connectivity index is 1.33. The summed E-state index contributed by atoms with van der Waals surface area (Å²) < 4.78 is 6.19. The van der Waals surface area contributed by atoms with Crippen LogP contribution in [0.15, 0.2) is 144 Å². The van der Waals surface area contributed by atoms with Gasteiger partial charge in [0.1, 0.15) is 11.2 Å². The van der Waals surface area contributed by atoms with Gasteiger partial charge >= 0.3 is 0 Å². The minimum Gasteiger partial charge on any atom is -0.456 e. The van der Waals surface area contributed by atoms with Crippen LogP contribution in [0.4, 0.5) is 0 Å². The second-order valence-electron chi connectivity index (χ2n) is 10.8. The molecule has 0 saturated carbocycles. The van der Waals surface area contributed by atoms with Crippen LogP contribution in [0.5, 0.6) is 0 Å². The molecule has 0 amide bonds. The van der Waals surface area contributed by atoms with E-state index in [4.69, 9.17) is 19.4 Å². The summed E-state index contributed by atoms with van der Waals surface area (Å²) in [6.07, 6.45) is 1.86. The molecule has 0 spiro atoms. The number of hydrogen-bond donors (Lipinski definition) is 0. The molecule has 4 heteroatoms. The lowest BCUT2D eigenvalue weighted by molar-refractivity contribution is 0.669. The Morgan fingerprint density at radius 2 is 1.12 bits per heavy atom. The van der Waals surface area contributed by atoms with Crippen LogP contribution in [-0.4, -0.2) is 15.0 Å². The minimum absolute atomic E-state index is 0.660. The van der Waals surface area contributed by atoms with E-state index < -0.39 is 0 Å². The summed E-state index contributed by atoms with van der Waals surface area (Å²) in [5.74, 6) is 0.660. The molecule has 0 radical (unpaired) electrons. The molecule has 0 aliphatic heterocycles. The third-order valence-corrected chi connectivity index (χ3v) is 8.35. The average Bonchev–Trinajstić information content (AvgIpc) is 3.46. The number of aromatic nitrogens is 3. The molecule has 43 heavy (non-hydrogen) atoms. The molecule has 200 valence electrons. The number of fused-ring (bicyclic) bond motifs is 6. The Morgan fingerprint density at radius 3 is 2.07 bits per heavy atom. The Kier molecular flexibility index (Phi) is 5.16. The predicted octanol–water partition coefficient (Wildman–Crippen LogP) is 10.2. The maximum absolute atomic E-state index is 6.19. The number of pyridine rings is 1. The zero-order chi connectivity index (χ0) is 28.3. The van der Waals surface area contributed by atoms with Crippen molar-refractivity contribution < 1.29 is 4.42 Å². The van der Waals surface area contributed by atoms with E-state index in [2.05, 4.69) is 84.9 Å². The fourth-order valence-electron chi connectivity index (χ4n) is 6.42. The highest BCUT2D eigenvalue weighted by Crippen LogP contribution is 2.40. The van der Waals surface area contributed by atoms with Crippen molar-refractivity contribution in [2.75, 3.05) is 0 Å². The maximum atomic E-state index is 6.19.